The SMILES string of the molecule is COc1ccc(CN(C(=O)OC(C)(C)C)c2cc(C[C@H]3C(=O)N(C(=O)N4CCCC(c5ccc(C(F)(F)F)cc5)C4)[C@@H]3C(=O)O)ccn2)cc1. The van der Waals surface area contributed by atoms with Crippen molar-refractivity contribution in [3.63, 3.8) is 0 Å². The summed E-state index contributed by atoms with van der Waals surface area (Å²) >= 11 is 0. The molecule has 0 bridgehead atoms. The molecular formula is C36H39F3N4O7. The number of rotatable bonds is 8. The number of piperidine rings is 1. The minimum Gasteiger partial charge on any atom is -0.497 e. The standard InChI is InChI=1S/C36H39F3N4O7/c1-35(2,3)50-34(48)42(20-22-7-13-27(49-4)14-8-22)29-19-23(15-16-40-29)18-28-30(32(45)46)43(31(28)44)33(47)41-17-5-6-25(21-41)24-9-11-26(12-10-24)36(37,38)39/h7-16,19,25,28,30H,5-6,17-18,20-21H2,1-4H3,(H,45,46)/t25?,28-,30+/m1/s1. The highest BCUT2D eigenvalue weighted by Gasteiger charge is 2.55. The first kappa shape index (κ1) is 36.1. The lowest BCUT2D eigenvalue weighted by Gasteiger charge is -2.46. The average Bonchev–Trinajstić information content (AvgIpc) is 3.07. The van der Waals surface area contributed by atoms with E-state index in [1.807, 2.05) is 0 Å². The number of anilines is 1. The second-order valence-corrected chi connectivity index (χ2v) is 13.4. The molecule has 0 spiro atoms. The number of methoxy groups -OCH3 is 1. The topological polar surface area (TPSA) is 130 Å². The second-order valence-electron chi connectivity index (χ2n) is 13.4. The highest BCUT2D eigenvalue weighted by atomic mass is 19.4. The maximum Gasteiger partial charge on any atom is 0.416 e. The Balaban J connectivity index is 1.31. The summed E-state index contributed by atoms with van der Waals surface area (Å²) in [4.78, 5) is 60.6. The number of hydrogen-bond donors (Lipinski definition) is 1. The summed E-state index contributed by atoms with van der Waals surface area (Å²) in [6.45, 7) is 5.72. The number of alkyl halides is 3. The number of carbonyl (C=O) groups excluding carboxylic acids is 3. The molecule has 11 nitrogen and oxygen atoms in total. The van der Waals surface area contributed by atoms with Gasteiger partial charge in [0.05, 0.1) is 25.1 Å². The Hall–Kier alpha value is -5.14. The van der Waals surface area contributed by atoms with E-state index in [-0.39, 0.29) is 37.8 Å². The van der Waals surface area contributed by atoms with Crippen LogP contribution in [0.3, 0.4) is 0 Å². The Morgan fingerprint density at radius 1 is 1.00 bits per heavy atom. The highest BCUT2D eigenvalue weighted by Crippen LogP contribution is 2.36. The zero-order chi connectivity index (χ0) is 36.4. The van der Waals surface area contributed by atoms with Gasteiger partial charge in [0.25, 0.3) is 0 Å². The van der Waals surface area contributed by atoms with Crippen LogP contribution in [-0.4, -0.2) is 75.7 Å². The van der Waals surface area contributed by atoms with E-state index in [4.69, 9.17) is 9.47 Å². The van der Waals surface area contributed by atoms with Gasteiger partial charge in [-0.3, -0.25) is 9.69 Å². The lowest BCUT2D eigenvalue weighted by molar-refractivity contribution is -0.166. The maximum absolute atomic E-state index is 13.6. The van der Waals surface area contributed by atoms with Gasteiger partial charge in [-0.15, -0.1) is 0 Å². The molecule has 3 aromatic rings. The molecule has 1 aromatic heterocycles. The predicted molar refractivity (Wildman–Crippen MR) is 175 cm³/mol. The Bertz CT molecular complexity index is 1730. The maximum atomic E-state index is 13.6. The van der Waals surface area contributed by atoms with Crippen LogP contribution < -0.4 is 9.64 Å². The quantitative estimate of drug-likeness (QED) is 0.264. The van der Waals surface area contributed by atoms with Crippen LogP contribution in [0.1, 0.15) is 61.8 Å². The Morgan fingerprint density at radius 2 is 1.68 bits per heavy atom. The number of urea groups is 1. The molecule has 2 aliphatic heterocycles. The van der Waals surface area contributed by atoms with Crippen LogP contribution in [0.15, 0.2) is 66.9 Å². The number of carbonyl (C=O) groups is 4. The van der Waals surface area contributed by atoms with Crippen LogP contribution in [0.4, 0.5) is 28.6 Å². The molecule has 5 rings (SSSR count). The summed E-state index contributed by atoms with van der Waals surface area (Å²) < 4.78 is 50.0. The number of imide groups is 1. The summed E-state index contributed by atoms with van der Waals surface area (Å²) in [6.07, 6.45) is -2.56. The highest BCUT2D eigenvalue weighted by molar-refractivity contribution is 6.07. The lowest BCUT2D eigenvalue weighted by Crippen LogP contribution is -2.69. The van der Waals surface area contributed by atoms with Crippen LogP contribution in [0.5, 0.6) is 5.75 Å². The number of ether oxygens (including phenoxy) is 2. The zero-order valence-corrected chi connectivity index (χ0v) is 28.1. The van der Waals surface area contributed by atoms with E-state index in [0.29, 0.717) is 29.7 Å². The smallest absolute Gasteiger partial charge is 0.416 e. The monoisotopic (exact) mass is 696 g/mol. The molecule has 0 radical (unpaired) electrons. The number of nitrogens with zero attached hydrogens (tertiary/aromatic N) is 4. The molecular weight excluding hydrogens is 657 g/mol. The molecule has 50 heavy (non-hydrogen) atoms. The first-order chi connectivity index (χ1) is 23.6. The largest absolute Gasteiger partial charge is 0.497 e. The minimum atomic E-state index is -4.47. The normalized spacial score (nSPS) is 19.4. The third-order valence-electron chi connectivity index (χ3n) is 8.73. The van der Waals surface area contributed by atoms with Gasteiger partial charge in [0.1, 0.15) is 17.2 Å². The number of aromatic nitrogens is 1. The fourth-order valence-electron chi connectivity index (χ4n) is 6.22. The number of pyridine rings is 1. The van der Waals surface area contributed by atoms with Gasteiger partial charge in [0, 0.05) is 25.2 Å². The van der Waals surface area contributed by atoms with E-state index >= 15 is 0 Å². The molecule has 1 unspecified atom stereocenters. The lowest BCUT2D eigenvalue weighted by atomic mass is 9.82. The van der Waals surface area contributed by atoms with Crippen molar-refractivity contribution in [1.29, 1.82) is 0 Å². The first-order valence-corrected chi connectivity index (χ1v) is 16.2. The number of β-lactam (4-membered cyclic amide) rings is 1. The van der Waals surface area contributed by atoms with Crippen molar-refractivity contribution in [2.45, 2.75) is 70.3 Å². The molecule has 0 saturated carbocycles. The van der Waals surface area contributed by atoms with Crippen molar-refractivity contribution in [2.24, 2.45) is 5.92 Å². The summed E-state index contributed by atoms with van der Waals surface area (Å²) in [5.74, 6) is -2.46. The van der Waals surface area contributed by atoms with Crippen molar-refractivity contribution >= 4 is 29.8 Å². The number of hydrogen-bond acceptors (Lipinski definition) is 7. The van der Waals surface area contributed by atoms with Crippen molar-refractivity contribution in [2.75, 3.05) is 25.1 Å². The molecule has 2 saturated heterocycles. The van der Waals surface area contributed by atoms with Gasteiger partial charge in [-0.2, -0.15) is 13.2 Å². The van der Waals surface area contributed by atoms with Crippen molar-refractivity contribution < 1.29 is 46.9 Å². The average molecular weight is 697 g/mol. The Morgan fingerprint density at radius 3 is 2.28 bits per heavy atom. The van der Waals surface area contributed by atoms with Gasteiger partial charge in [-0.05, 0) is 93.1 Å². The third kappa shape index (κ3) is 8.17. The number of amides is 4. The van der Waals surface area contributed by atoms with E-state index in [9.17, 15) is 37.5 Å². The van der Waals surface area contributed by atoms with Gasteiger partial charge in [0.15, 0.2) is 6.04 Å². The number of carboxylic acid groups (broad SMARTS) is 1. The molecule has 4 amide bonds. The van der Waals surface area contributed by atoms with Crippen LogP contribution >= 0.6 is 0 Å². The molecule has 3 heterocycles. The Kier molecular flexibility index (Phi) is 10.4. The van der Waals surface area contributed by atoms with E-state index in [0.717, 1.165) is 22.6 Å². The zero-order valence-electron chi connectivity index (χ0n) is 28.1. The van der Waals surface area contributed by atoms with Crippen molar-refractivity contribution in [1.82, 2.24) is 14.8 Å². The number of benzene rings is 2. The molecule has 2 aliphatic rings. The number of aliphatic carboxylic acids is 1. The van der Waals surface area contributed by atoms with Crippen molar-refractivity contribution in [3.8, 4) is 5.75 Å². The van der Waals surface area contributed by atoms with Gasteiger partial charge < -0.3 is 19.5 Å². The van der Waals surface area contributed by atoms with Gasteiger partial charge in [-0.1, -0.05) is 24.3 Å². The fourth-order valence-corrected chi connectivity index (χ4v) is 6.22. The summed E-state index contributed by atoms with van der Waals surface area (Å²) in [5, 5.41) is 10.1. The third-order valence-corrected chi connectivity index (χ3v) is 8.73. The number of halogens is 3. The molecule has 14 heteroatoms. The summed E-state index contributed by atoms with van der Waals surface area (Å²) in [6, 6.07) is 12.9. The van der Waals surface area contributed by atoms with Gasteiger partial charge >= 0.3 is 24.3 Å². The number of carboxylic acids is 1. The van der Waals surface area contributed by atoms with E-state index in [1.165, 1.54) is 28.1 Å². The van der Waals surface area contributed by atoms with Crippen molar-refractivity contribution in [3.05, 3.63) is 89.1 Å². The molecule has 0 aliphatic carbocycles. The summed E-state index contributed by atoms with van der Waals surface area (Å²) in [5.41, 5.74) is 0.329. The van der Waals surface area contributed by atoms with Crippen LogP contribution in [0.25, 0.3) is 0 Å². The van der Waals surface area contributed by atoms with Crippen LogP contribution in [0.2, 0.25) is 0 Å². The fraction of sp³-hybridized carbons (Fsp3) is 0.417. The first-order valence-electron chi connectivity index (χ1n) is 16.2. The molecule has 2 aromatic carbocycles. The predicted octanol–water partition coefficient (Wildman–Crippen LogP) is 6.50. The molecule has 266 valence electrons. The van der Waals surface area contributed by atoms with Gasteiger partial charge in [0.2, 0.25) is 5.91 Å². The minimum absolute atomic E-state index is 0.0338. The number of likely N-dealkylation sites (tertiary alicyclic amines) is 2. The van der Waals surface area contributed by atoms with Crippen LogP contribution in [-0.2, 0) is 33.5 Å². The van der Waals surface area contributed by atoms with Crippen LogP contribution in [0, 0.1) is 5.92 Å². The molecule has 1 N–H and O–H groups in total. The van der Waals surface area contributed by atoms with Gasteiger partial charge in [-0.25, -0.2) is 24.3 Å². The van der Waals surface area contributed by atoms with E-state index < -0.39 is 53.3 Å². The molecule has 3 atom stereocenters. The summed E-state index contributed by atoms with van der Waals surface area (Å²) in [7, 11) is 1.55. The van der Waals surface area contributed by atoms with E-state index in [2.05, 4.69) is 4.98 Å². The molecule has 2 fully saturated rings. The second kappa shape index (κ2) is 14.4. The Labute approximate surface area is 287 Å². The van der Waals surface area contributed by atoms with E-state index in [1.54, 1.807) is 64.3 Å².